The highest BCUT2D eigenvalue weighted by Crippen LogP contribution is 2.40. The molecule has 1 saturated carbocycles. The summed E-state index contributed by atoms with van der Waals surface area (Å²) in [5.74, 6) is 0.624. The second-order valence-electron chi connectivity index (χ2n) is 5.56. The monoisotopic (exact) mass is 386 g/mol. The number of sulfonamides is 1. The van der Waals surface area contributed by atoms with Gasteiger partial charge in [0.25, 0.3) is 5.91 Å². The first kappa shape index (κ1) is 19.4. The Kier molecular flexibility index (Phi) is 6.17. The number of carbonyl (C=O) groups is 1. The second kappa shape index (κ2) is 7.96. The molecule has 1 aromatic carbocycles. The van der Waals surface area contributed by atoms with Crippen LogP contribution in [0.5, 0.6) is 0 Å². The number of hydrogen-bond donors (Lipinski definition) is 3. The average molecular weight is 387 g/mol. The van der Waals surface area contributed by atoms with E-state index >= 15 is 0 Å². The molecule has 25 heavy (non-hydrogen) atoms. The summed E-state index contributed by atoms with van der Waals surface area (Å²) in [5, 5.41) is 6.37. The van der Waals surface area contributed by atoms with Crippen LogP contribution in [0.3, 0.4) is 0 Å². The molecule has 1 fully saturated rings. The van der Waals surface area contributed by atoms with Crippen LogP contribution >= 0.6 is 12.4 Å². The molecule has 0 atom stereocenters. The van der Waals surface area contributed by atoms with Crippen molar-refractivity contribution in [2.45, 2.75) is 23.7 Å². The summed E-state index contributed by atoms with van der Waals surface area (Å²) in [7, 11) is -3.66. The van der Waals surface area contributed by atoms with Gasteiger partial charge in [-0.2, -0.15) is 0 Å². The number of amides is 1. The lowest BCUT2D eigenvalue weighted by Gasteiger charge is -2.08. The maximum absolute atomic E-state index is 12.2. The fourth-order valence-electron chi connectivity index (χ4n) is 2.17. The highest BCUT2D eigenvalue weighted by Gasteiger charge is 2.29. The van der Waals surface area contributed by atoms with E-state index in [2.05, 4.69) is 15.2 Å². The zero-order chi connectivity index (χ0) is 17.2. The van der Waals surface area contributed by atoms with E-state index in [0.717, 1.165) is 12.8 Å². The Morgan fingerprint density at radius 3 is 2.76 bits per heavy atom. The Labute approximate surface area is 151 Å². The number of hydrogen-bond acceptors (Lipinski definition) is 6. The van der Waals surface area contributed by atoms with Crippen LogP contribution in [-0.4, -0.2) is 32.6 Å². The smallest absolute Gasteiger partial charge is 0.277 e. The van der Waals surface area contributed by atoms with Crippen molar-refractivity contribution in [2.75, 3.05) is 18.4 Å². The molecular weight excluding hydrogens is 368 g/mol. The summed E-state index contributed by atoms with van der Waals surface area (Å²) in [6.45, 7) is 0.340. The molecule has 1 amide bonds. The van der Waals surface area contributed by atoms with Crippen molar-refractivity contribution < 1.29 is 17.7 Å². The van der Waals surface area contributed by atoms with Gasteiger partial charge >= 0.3 is 0 Å². The van der Waals surface area contributed by atoms with Crippen LogP contribution in [0.1, 0.15) is 35.0 Å². The molecule has 1 aromatic heterocycles. The molecule has 1 aliphatic carbocycles. The van der Waals surface area contributed by atoms with E-state index in [1.165, 1.54) is 12.1 Å². The largest absolute Gasteiger partial charge is 0.360 e. The van der Waals surface area contributed by atoms with Gasteiger partial charge in [-0.1, -0.05) is 11.2 Å². The minimum absolute atomic E-state index is 0. The summed E-state index contributed by atoms with van der Waals surface area (Å²) in [4.78, 5) is 12.2. The van der Waals surface area contributed by atoms with Crippen molar-refractivity contribution in [3.8, 4) is 0 Å². The SMILES string of the molecule is Cl.NCCNS(=O)(=O)c1cccc(NC(=O)c2cc(C3CC3)on2)c1. The van der Waals surface area contributed by atoms with Crippen LogP contribution < -0.4 is 15.8 Å². The number of aromatic nitrogens is 1. The average Bonchev–Trinajstić information content (AvgIpc) is 3.30. The van der Waals surface area contributed by atoms with Crippen molar-refractivity contribution in [1.29, 1.82) is 0 Å². The number of rotatable bonds is 7. The van der Waals surface area contributed by atoms with Gasteiger partial charge in [0.05, 0.1) is 4.90 Å². The van der Waals surface area contributed by atoms with Gasteiger partial charge in [0.2, 0.25) is 10.0 Å². The number of halogens is 1. The van der Waals surface area contributed by atoms with Gasteiger partial charge in [-0.05, 0) is 31.0 Å². The molecule has 0 bridgehead atoms. The minimum Gasteiger partial charge on any atom is -0.360 e. The molecule has 0 saturated heterocycles. The van der Waals surface area contributed by atoms with Crippen molar-refractivity contribution in [3.05, 3.63) is 41.8 Å². The maximum Gasteiger partial charge on any atom is 0.277 e. The number of nitrogens with one attached hydrogen (secondary N) is 2. The summed E-state index contributed by atoms with van der Waals surface area (Å²) in [6.07, 6.45) is 2.10. The third-order valence-electron chi connectivity index (χ3n) is 3.58. The summed E-state index contributed by atoms with van der Waals surface area (Å²) < 4.78 is 31.7. The fourth-order valence-corrected chi connectivity index (χ4v) is 3.26. The normalized spacial score (nSPS) is 14.0. The Bertz CT molecular complexity index is 849. The third-order valence-corrected chi connectivity index (χ3v) is 5.04. The Morgan fingerprint density at radius 2 is 2.08 bits per heavy atom. The number of nitrogens with zero attached hydrogens (tertiary/aromatic N) is 1. The zero-order valence-electron chi connectivity index (χ0n) is 13.3. The lowest BCUT2D eigenvalue weighted by atomic mass is 10.2. The van der Waals surface area contributed by atoms with E-state index < -0.39 is 15.9 Å². The van der Waals surface area contributed by atoms with Crippen molar-refractivity contribution >= 4 is 34.0 Å². The van der Waals surface area contributed by atoms with Crippen LogP contribution in [0.15, 0.2) is 39.8 Å². The number of benzene rings is 1. The highest BCUT2D eigenvalue weighted by molar-refractivity contribution is 7.89. The van der Waals surface area contributed by atoms with E-state index in [0.29, 0.717) is 17.4 Å². The molecule has 0 unspecified atom stereocenters. The van der Waals surface area contributed by atoms with Crippen molar-refractivity contribution in [1.82, 2.24) is 9.88 Å². The quantitative estimate of drug-likeness (QED) is 0.661. The highest BCUT2D eigenvalue weighted by atomic mass is 35.5. The van der Waals surface area contributed by atoms with Gasteiger partial charge in [0.1, 0.15) is 5.76 Å². The first-order chi connectivity index (χ1) is 11.5. The van der Waals surface area contributed by atoms with Crippen molar-refractivity contribution in [2.24, 2.45) is 5.73 Å². The minimum atomic E-state index is -3.66. The molecule has 4 N–H and O–H groups in total. The van der Waals surface area contributed by atoms with E-state index in [9.17, 15) is 13.2 Å². The van der Waals surface area contributed by atoms with Gasteiger partial charge in [0.15, 0.2) is 5.69 Å². The van der Waals surface area contributed by atoms with E-state index in [4.69, 9.17) is 10.3 Å². The van der Waals surface area contributed by atoms with Gasteiger partial charge in [-0.3, -0.25) is 4.79 Å². The van der Waals surface area contributed by atoms with Crippen LogP contribution in [0.2, 0.25) is 0 Å². The van der Waals surface area contributed by atoms with Gasteiger partial charge in [-0.25, -0.2) is 13.1 Å². The van der Waals surface area contributed by atoms with E-state index in [1.54, 1.807) is 18.2 Å². The van der Waals surface area contributed by atoms with Gasteiger partial charge in [0, 0.05) is 30.8 Å². The molecule has 1 heterocycles. The molecule has 8 nitrogen and oxygen atoms in total. The van der Waals surface area contributed by atoms with Crippen LogP contribution in [0, 0.1) is 0 Å². The predicted molar refractivity (Wildman–Crippen MR) is 94.4 cm³/mol. The fraction of sp³-hybridized carbons (Fsp3) is 0.333. The van der Waals surface area contributed by atoms with Crippen LogP contribution in [-0.2, 0) is 10.0 Å². The van der Waals surface area contributed by atoms with E-state index in [1.807, 2.05) is 0 Å². The molecule has 0 spiro atoms. The second-order valence-corrected chi connectivity index (χ2v) is 7.32. The molecule has 0 aliphatic heterocycles. The molecule has 10 heteroatoms. The van der Waals surface area contributed by atoms with Crippen molar-refractivity contribution in [3.63, 3.8) is 0 Å². The van der Waals surface area contributed by atoms with Gasteiger partial charge < -0.3 is 15.6 Å². The molecule has 3 rings (SSSR count). The molecular formula is C15H19ClN4O4S. The molecule has 0 radical (unpaired) electrons. The van der Waals surface area contributed by atoms with Crippen LogP contribution in [0.25, 0.3) is 0 Å². The summed E-state index contributed by atoms with van der Waals surface area (Å²) >= 11 is 0. The number of carbonyl (C=O) groups excluding carboxylic acids is 1. The molecule has 2 aromatic rings. The maximum atomic E-state index is 12.2. The Balaban J connectivity index is 0.00000225. The summed E-state index contributed by atoms with van der Waals surface area (Å²) in [5.41, 5.74) is 5.83. The lowest BCUT2D eigenvalue weighted by Crippen LogP contribution is -2.29. The molecule has 1 aliphatic rings. The summed E-state index contributed by atoms with van der Waals surface area (Å²) in [6, 6.07) is 7.58. The van der Waals surface area contributed by atoms with E-state index in [-0.39, 0.29) is 36.1 Å². The Hall–Kier alpha value is -1.94. The number of nitrogens with two attached hydrogens (primary N) is 1. The third kappa shape index (κ3) is 4.79. The van der Waals surface area contributed by atoms with Gasteiger partial charge in [-0.15, -0.1) is 12.4 Å². The lowest BCUT2D eigenvalue weighted by molar-refractivity contribution is 0.101. The first-order valence-electron chi connectivity index (χ1n) is 7.57. The molecule has 136 valence electrons. The first-order valence-corrected chi connectivity index (χ1v) is 9.05. The topological polar surface area (TPSA) is 127 Å². The number of anilines is 1. The van der Waals surface area contributed by atoms with Crippen LogP contribution in [0.4, 0.5) is 5.69 Å². The Morgan fingerprint density at radius 1 is 1.32 bits per heavy atom. The predicted octanol–water partition coefficient (Wildman–Crippen LogP) is 1.46. The zero-order valence-corrected chi connectivity index (χ0v) is 14.9. The standard InChI is InChI=1S/C15H18N4O4S.ClH/c16-6-7-17-24(21,22)12-3-1-2-11(8-12)18-15(20)13-9-14(23-19-13)10-4-5-10;/h1-3,8-10,17H,4-7,16H2,(H,18,20);1H.